The third-order valence-corrected chi connectivity index (χ3v) is 3.33. The Bertz CT molecular complexity index is 687. The van der Waals surface area contributed by atoms with Crippen LogP contribution in [0.2, 0.25) is 0 Å². The van der Waals surface area contributed by atoms with Gasteiger partial charge in [0.2, 0.25) is 0 Å². The van der Waals surface area contributed by atoms with E-state index in [1.165, 1.54) is 23.4 Å². The molecule has 0 bridgehead atoms. The summed E-state index contributed by atoms with van der Waals surface area (Å²) in [6, 6.07) is 3.10. The molecule has 0 aliphatic heterocycles. The van der Waals surface area contributed by atoms with E-state index >= 15 is 0 Å². The van der Waals surface area contributed by atoms with Crippen molar-refractivity contribution in [1.29, 1.82) is 0 Å². The van der Waals surface area contributed by atoms with E-state index in [-0.39, 0.29) is 12.5 Å². The second-order valence-corrected chi connectivity index (χ2v) is 5.55. The standard InChI is InChI=1S/C12H14BrN5O3/c1-7(10(19)20)6-17(2)12(21)15-11-14-9-5-8(13)3-4-18(9)16-11/h3-5,7H,6H2,1-2H3,(H,19,20)(H,15,16,21). The summed E-state index contributed by atoms with van der Waals surface area (Å²) >= 11 is 3.32. The number of amides is 2. The number of fused-ring (bicyclic) bond motifs is 1. The van der Waals surface area contributed by atoms with Crippen molar-refractivity contribution < 1.29 is 14.7 Å². The van der Waals surface area contributed by atoms with Gasteiger partial charge in [-0.05, 0) is 12.1 Å². The topological polar surface area (TPSA) is 99.8 Å². The van der Waals surface area contributed by atoms with Crippen LogP contribution in [0, 0.1) is 5.92 Å². The number of anilines is 1. The molecule has 2 N–H and O–H groups in total. The summed E-state index contributed by atoms with van der Waals surface area (Å²) < 4.78 is 2.38. The van der Waals surface area contributed by atoms with Crippen LogP contribution < -0.4 is 5.32 Å². The van der Waals surface area contributed by atoms with Gasteiger partial charge in [-0.2, -0.15) is 4.98 Å². The number of rotatable bonds is 4. The van der Waals surface area contributed by atoms with Crippen LogP contribution in [-0.2, 0) is 4.79 Å². The molecule has 0 aliphatic carbocycles. The quantitative estimate of drug-likeness (QED) is 0.868. The van der Waals surface area contributed by atoms with Crippen LogP contribution in [0.5, 0.6) is 0 Å². The molecule has 2 aromatic heterocycles. The van der Waals surface area contributed by atoms with Gasteiger partial charge in [-0.3, -0.25) is 10.1 Å². The highest BCUT2D eigenvalue weighted by molar-refractivity contribution is 9.10. The van der Waals surface area contributed by atoms with Crippen molar-refractivity contribution in [3.05, 3.63) is 22.8 Å². The van der Waals surface area contributed by atoms with Crippen LogP contribution in [0.15, 0.2) is 22.8 Å². The first-order chi connectivity index (χ1) is 9.86. The molecule has 2 amide bonds. The van der Waals surface area contributed by atoms with Gasteiger partial charge in [-0.25, -0.2) is 9.31 Å². The number of carboxylic acid groups (broad SMARTS) is 1. The number of aromatic nitrogens is 3. The summed E-state index contributed by atoms with van der Waals surface area (Å²) in [7, 11) is 1.52. The molecule has 112 valence electrons. The number of hydrogen-bond acceptors (Lipinski definition) is 4. The molecular weight excluding hydrogens is 342 g/mol. The number of pyridine rings is 1. The smallest absolute Gasteiger partial charge is 0.324 e. The third-order valence-electron chi connectivity index (χ3n) is 2.83. The van der Waals surface area contributed by atoms with Gasteiger partial charge >= 0.3 is 12.0 Å². The van der Waals surface area contributed by atoms with Crippen molar-refractivity contribution in [3.63, 3.8) is 0 Å². The second-order valence-electron chi connectivity index (χ2n) is 4.63. The lowest BCUT2D eigenvalue weighted by Gasteiger charge is -2.18. The average molecular weight is 356 g/mol. The fourth-order valence-electron chi connectivity index (χ4n) is 1.67. The molecule has 1 atom stereocenters. The van der Waals surface area contributed by atoms with E-state index in [9.17, 15) is 9.59 Å². The zero-order chi connectivity index (χ0) is 15.6. The van der Waals surface area contributed by atoms with Crippen LogP contribution in [0.25, 0.3) is 5.65 Å². The molecular formula is C12H14BrN5O3. The van der Waals surface area contributed by atoms with Crippen molar-refractivity contribution in [2.24, 2.45) is 5.92 Å². The molecule has 8 nitrogen and oxygen atoms in total. The number of carbonyl (C=O) groups excluding carboxylic acids is 1. The zero-order valence-electron chi connectivity index (χ0n) is 11.4. The Hall–Kier alpha value is -2.16. The number of nitrogens with zero attached hydrogens (tertiary/aromatic N) is 4. The van der Waals surface area contributed by atoms with E-state index in [1.54, 1.807) is 18.3 Å². The number of aliphatic carboxylic acids is 1. The minimum Gasteiger partial charge on any atom is -0.481 e. The van der Waals surface area contributed by atoms with Crippen LogP contribution in [-0.4, -0.2) is 50.2 Å². The van der Waals surface area contributed by atoms with Crippen molar-refractivity contribution in [2.45, 2.75) is 6.92 Å². The molecule has 0 spiro atoms. The van der Waals surface area contributed by atoms with E-state index in [2.05, 4.69) is 31.3 Å². The average Bonchev–Trinajstić information content (AvgIpc) is 2.79. The van der Waals surface area contributed by atoms with Crippen molar-refractivity contribution in [1.82, 2.24) is 19.5 Å². The number of hydrogen-bond donors (Lipinski definition) is 2. The van der Waals surface area contributed by atoms with E-state index in [0.29, 0.717) is 5.65 Å². The lowest BCUT2D eigenvalue weighted by molar-refractivity contribution is -0.141. The summed E-state index contributed by atoms with van der Waals surface area (Å²) in [6.07, 6.45) is 1.71. The van der Waals surface area contributed by atoms with Crippen molar-refractivity contribution in [3.8, 4) is 0 Å². The molecule has 0 aliphatic rings. The molecule has 21 heavy (non-hydrogen) atoms. The monoisotopic (exact) mass is 355 g/mol. The largest absolute Gasteiger partial charge is 0.481 e. The van der Waals surface area contributed by atoms with Crippen LogP contribution in [0.4, 0.5) is 10.7 Å². The van der Waals surface area contributed by atoms with Gasteiger partial charge in [0.15, 0.2) is 5.65 Å². The molecule has 0 saturated heterocycles. The highest BCUT2D eigenvalue weighted by Crippen LogP contribution is 2.13. The zero-order valence-corrected chi connectivity index (χ0v) is 13.0. The number of urea groups is 1. The molecule has 1 unspecified atom stereocenters. The Morgan fingerprint density at radius 1 is 1.57 bits per heavy atom. The normalized spacial score (nSPS) is 12.1. The number of halogens is 1. The van der Waals surface area contributed by atoms with Crippen LogP contribution in [0.3, 0.4) is 0 Å². The maximum atomic E-state index is 11.9. The molecule has 9 heteroatoms. The number of carboxylic acids is 1. The Kier molecular flexibility index (Phi) is 4.41. The first-order valence-electron chi connectivity index (χ1n) is 6.13. The van der Waals surface area contributed by atoms with Gasteiger partial charge in [-0.1, -0.05) is 22.9 Å². The Morgan fingerprint density at radius 2 is 2.29 bits per heavy atom. The molecule has 0 fully saturated rings. The predicted molar refractivity (Wildman–Crippen MR) is 79.1 cm³/mol. The van der Waals surface area contributed by atoms with E-state index in [1.807, 2.05) is 0 Å². The van der Waals surface area contributed by atoms with Crippen LogP contribution >= 0.6 is 15.9 Å². The minimum atomic E-state index is -0.953. The SMILES string of the molecule is CC(CN(C)C(=O)Nc1nc2cc(Br)ccn2n1)C(=O)O. The predicted octanol–water partition coefficient (Wildman–Crippen LogP) is 1.68. The lowest BCUT2D eigenvalue weighted by Crippen LogP contribution is -2.36. The molecule has 2 heterocycles. The highest BCUT2D eigenvalue weighted by atomic mass is 79.9. The summed E-state index contributed by atoms with van der Waals surface area (Å²) in [5.41, 5.74) is 0.584. The van der Waals surface area contributed by atoms with Crippen molar-refractivity contribution in [2.75, 3.05) is 18.9 Å². The van der Waals surface area contributed by atoms with Gasteiger partial charge in [0.05, 0.1) is 5.92 Å². The highest BCUT2D eigenvalue weighted by Gasteiger charge is 2.18. The number of carbonyl (C=O) groups is 2. The lowest BCUT2D eigenvalue weighted by atomic mass is 10.2. The van der Waals surface area contributed by atoms with Gasteiger partial charge < -0.3 is 10.0 Å². The second kappa shape index (κ2) is 6.08. The third kappa shape index (κ3) is 3.69. The Balaban J connectivity index is 2.05. The van der Waals surface area contributed by atoms with Gasteiger partial charge in [0.25, 0.3) is 5.95 Å². The van der Waals surface area contributed by atoms with Gasteiger partial charge in [-0.15, -0.1) is 5.10 Å². The van der Waals surface area contributed by atoms with Gasteiger partial charge in [0.1, 0.15) is 0 Å². The maximum Gasteiger partial charge on any atom is 0.324 e. The summed E-state index contributed by atoms with van der Waals surface area (Å²) in [4.78, 5) is 28.1. The Labute approximate surface area is 128 Å². The maximum absolute atomic E-state index is 11.9. The van der Waals surface area contributed by atoms with E-state index in [0.717, 1.165) is 4.47 Å². The minimum absolute atomic E-state index is 0.0973. The van der Waals surface area contributed by atoms with Gasteiger partial charge in [0, 0.05) is 24.3 Å². The fourth-order valence-corrected chi connectivity index (χ4v) is 2.00. The molecule has 0 aromatic carbocycles. The van der Waals surface area contributed by atoms with Crippen molar-refractivity contribution >= 4 is 39.5 Å². The number of nitrogens with one attached hydrogen (secondary N) is 1. The first kappa shape index (κ1) is 15.2. The Morgan fingerprint density at radius 3 is 2.95 bits per heavy atom. The van der Waals surface area contributed by atoms with E-state index in [4.69, 9.17) is 5.11 Å². The molecule has 2 rings (SSSR count). The molecule has 0 saturated carbocycles. The summed E-state index contributed by atoms with van der Waals surface area (Å²) in [5, 5.41) is 15.5. The molecule has 2 aromatic rings. The molecule has 0 radical (unpaired) electrons. The summed E-state index contributed by atoms with van der Waals surface area (Å²) in [5.74, 6) is -1.44. The fraction of sp³-hybridized carbons (Fsp3) is 0.333. The first-order valence-corrected chi connectivity index (χ1v) is 6.93. The summed E-state index contributed by atoms with van der Waals surface area (Å²) in [6.45, 7) is 1.63. The van der Waals surface area contributed by atoms with E-state index < -0.39 is 17.9 Å². The van der Waals surface area contributed by atoms with Crippen LogP contribution in [0.1, 0.15) is 6.92 Å².